The Morgan fingerprint density at radius 2 is 0.672 bits per heavy atom. The van der Waals surface area contributed by atoms with Crippen LogP contribution in [-0.4, -0.2) is 37.2 Å². The van der Waals surface area contributed by atoms with Gasteiger partial charge in [0.2, 0.25) is 0 Å². The summed E-state index contributed by atoms with van der Waals surface area (Å²) in [4.78, 5) is 37.9. The molecule has 0 spiro atoms. The first-order chi connectivity index (χ1) is 30.0. The second kappa shape index (κ2) is 48.2. The smallest absolute Gasteiger partial charge is 0.306 e. The van der Waals surface area contributed by atoms with Crippen LogP contribution in [0.1, 0.15) is 175 Å². The summed E-state index contributed by atoms with van der Waals surface area (Å²) in [5, 5.41) is 0. The highest BCUT2D eigenvalue weighted by Gasteiger charge is 2.19. The molecule has 0 aliphatic carbocycles. The van der Waals surface area contributed by atoms with Crippen LogP contribution < -0.4 is 0 Å². The number of hydrogen-bond donors (Lipinski definition) is 0. The molecule has 340 valence electrons. The lowest BCUT2D eigenvalue weighted by Gasteiger charge is -2.18. The van der Waals surface area contributed by atoms with Crippen LogP contribution in [0.3, 0.4) is 0 Å². The summed E-state index contributed by atoms with van der Waals surface area (Å²) >= 11 is 0. The van der Waals surface area contributed by atoms with E-state index < -0.39 is 6.10 Å². The van der Waals surface area contributed by atoms with Gasteiger partial charge in [-0.1, -0.05) is 187 Å². The summed E-state index contributed by atoms with van der Waals surface area (Å²) in [6.07, 6.45) is 67.2. The minimum Gasteiger partial charge on any atom is -0.462 e. The van der Waals surface area contributed by atoms with E-state index in [0.717, 1.165) is 109 Å². The zero-order valence-electron chi connectivity index (χ0n) is 38.6. The molecule has 1 atom stereocenters. The third kappa shape index (κ3) is 46.5. The number of rotatable bonds is 40. The molecular formula is C55H84O6. The highest BCUT2D eigenvalue weighted by Crippen LogP contribution is 2.12. The van der Waals surface area contributed by atoms with Crippen molar-refractivity contribution in [3.05, 3.63) is 134 Å². The van der Waals surface area contributed by atoms with Gasteiger partial charge in [-0.2, -0.15) is 0 Å². The van der Waals surface area contributed by atoms with Gasteiger partial charge >= 0.3 is 17.9 Å². The summed E-state index contributed by atoms with van der Waals surface area (Å²) in [6, 6.07) is 0. The maximum absolute atomic E-state index is 12.7. The van der Waals surface area contributed by atoms with Crippen LogP contribution in [-0.2, 0) is 28.6 Å². The molecule has 0 radical (unpaired) electrons. The maximum Gasteiger partial charge on any atom is 0.306 e. The average Bonchev–Trinajstić information content (AvgIpc) is 3.26. The van der Waals surface area contributed by atoms with E-state index in [2.05, 4.69) is 106 Å². The minimum absolute atomic E-state index is 0.120. The predicted octanol–water partition coefficient (Wildman–Crippen LogP) is 15.5. The fourth-order valence-corrected chi connectivity index (χ4v) is 5.78. The van der Waals surface area contributed by atoms with Crippen LogP contribution in [0.4, 0.5) is 0 Å². The molecule has 0 bridgehead atoms. The molecule has 0 heterocycles. The Bertz CT molecular complexity index is 1380. The largest absolute Gasteiger partial charge is 0.462 e. The summed E-state index contributed by atoms with van der Waals surface area (Å²) < 4.78 is 16.7. The fourth-order valence-electron chi connectivity index (χ4n) is 5.78. The summed E-state index contributed by atoms with van der Waals surface area (Å²) in [7, 11) is 0. The van der Waals surface area contributed by atoms with Gasteiger partial charge in [0, 0.05) is 19.3 Å². The first-order valence-electron chi connectivity index (χ1n) is 23.8. The first-order valence-corrected chi connectivity index (χ1v) is 23.8. The summed E-state index contributed by atoms with van der Waals surface area (Å²) in [6.45, 7) is 6.15. The van der Waals surface area contributed by atoms with E-state index in [4.69, 9.17) is 14.2 Å². The van der Waals surface area contributed by atoms with E-state index in [1.807, 2.05) is 48.6 Å². The van der Waals surface area contributed by atoms with E-state index >= 15 is 0 Å². The Morgan fingerprint density at radius 1 is 0.344 bits per heavy atom. The maximum atomic E-state index is 12.7. The van der Waals surface area contributed by atoms with Crippen LogP contribution in [0.5, 0.6) is 0 Å². The zero-order chi connectivity index (χ0) is 44.4. The van der Waals surface area contributed by atoms with E-state index in [1.165, 1.54) is 12.8 Å². The van der Waals surface area contributed by atoms with Gasteiger partial charge in [-0.25, -0.2) is 0 Å². The number of hydrogen-bond acceptors (Lipinski definition) is 6. The van der Waals surface area contributed by atoms with Gasteiger partial charge < -0.3 is 14.2 Å². The normalized spacial score (nSPS) is 13.3. The predicted molar refractivity (Wildman–Crippen MR) is 260 cm³/mol. The van der Waals surface area contributed by atoms with Gasteiger partial charge in [-0.05, 0) is 103 Å². The van der Waals surface area contributed by atoms with Crippen molar-refractivity contribution in [2.45, 2.75) is 181 Å². The van der Waals surface area contributed by atoms with Gasteiger partial charge in [0.05, 0.1) is 0 Å². The molecule has 0 aliphatic heterocycles. The van der Waals surface area contributed by atoms with Crippen molar-refractivity contribution in [2.75, 3.05) is 13.2 Å². The fraction of sp³-hybridized carbons (Fsp3) is 0.545. The number of allylic oxidation sites excluding steroid dienone is 22. The van der Waals surface area contributed by atoms with Crippen molar-refractivity contribution in [3.8, 4) is 0 Å². The third-order valence-corrected chi connectivity index (χ3v) is 9.26. The topological polar surface area (TPSA) is 78.9 Å². The number of ether oxygens (including phenoxy) is 3. The quantitative estimate of drug-likeness (QED) is 0.0201. The molecule has 0 aromatic heterocycles. The third-order valence-electron chi connectivity index (χ3n) is 9.26. The van der Waals surface area contributed by atoms with Crippen molar-refractivity contribution in [2.24, 2.45) is 0 Å². The Hall–Kier alpha value is -4.45. The number of carbonyl (C=O) groups is 3. The molecule has 0 rings (SSSR count). The lowest BCUT2D eigenvalue weighted by molar-refractivity contribution is -0.167. The van der Waals surface area contributed by atoms with E-state index in [-0.39, 0.29) is 37.5 Å². The van der Waals surface area contributed by atoms with Crippen LogP contribution in [0.15, 0.2) is 134 Å². The van der Waals surface area contributed by atoms with Gasteiger partial charge in [-0.3, -0.25) is 14.4 Å². The molecule has 0 aliphatic rings. The van der Waals surface area contributed by atoms with Crippen molar-refractivity contribution in [3.63, 3.8) is 0 Å². The molecule has 61 heavy (non-hydrogen) atoms. The van der Waals surface area contributed by atoms with Gasteiger partial charge in [-0.15, -0.1) is 0 Å². The molecule has 0 aromatic rings. The van der Waals surface area contributed by atoms with E-state index in [0.29, 0.717) is 25.7 Å². The average molecular weight is 841 g/mol. The highest BCUT2D eigenvalue weighted by atomic mass is 16.6. The van der Waals surface area contributed by atoms with Crippen LogP contribution in [0.2, 0.25) is 0 Å². The van der Waals surface area contributed by atoms with Crippen molar-refractivity contribution in [1.82, 2.24) is 0 Å². The molecule has 0 N–H and O–H groups in total. The second-order valence-corrected chi connectivity index (χ2v) is 15.0. The Morgan fingerprint density at radius 3 is 1.16 bits per heavy atom. The molecule has 0 fully saturated rings. The second-order valence-electron chi connectivity index (χ2n) is 15.0. The molecule has 0 saturated heterocycles. The summed E-state index contributed by atoms with van der Waals surface area (Å²) in [5.41, 5.74) is 0. The van der Waals surface area contributed by atoms with Crippen molar-refractivity contribution >= 4 is 17.9 Å². The molecule has 6 nitrogen and oxygen atoms in total. The molecule has 0 amide bonds. The number of esters is 3. The molecule has 6 heteroatoms. The van der Waals surface area contributed by atoms with E-state index in [1.54, 1.807) is 0 Å². The van der Waals surface area contributed by atoms with E-state index in [9.17, 15) is 14.4 Å². The minimum atomic E-state index is -0.825. The van der Waals surface area contributed by atoms with Gasteiger partial charge in [0.1, 0.15) is 13.2 Å². The highest BCUT2D eigenvalue weighted by molar-refractivity contribution is 5.71. The summed E-state index contributed by atoms with van der Waals surface area (Å²) in [5.74, 6) is -1.03. The van der Waals surface area contributed by atoms with Crippen molar-refractivity contribution in [1.29, 1.82) is 0 Å². The molecule has 1 unspecified atom stereocenters. The van der Waals surface area contributed by atoms with Gasteiger partial charge in [0.15, 0.2) is 6.10 Å². The molecule has 0 aromatic carbocycles. The molecular weight excluding hydrogens is 757 g/mol. The van der Waals surface area contributed by atoms with Crippen molar-refractivity contribution < 1.29 is 28.6 Å². The number of carbonyl (C=O) groups excluding carboxylic acids is 3. The van der Waals surface area contributed by atoms with Crippen LogP contribution in [0, 0.1) is 0 Å². The Kier molecular flexibility index (Phi) is 44.7. The monoisotopic (exact) mass is 841 g/mol. The lowest BCUT2D eigenvalue weighted by atomic mass is 10.1. The standard InChI is InChI=1S/C55H84O6/c1-4-7-10-13-16-19-22-25-27-29-30-33-36-39-42-45-48-54(57)60-51-52(50-59-53(56)47-44-41-38-35-32-24-21-18-15-12-9-6-3)61-55(58)49-46-43-40-37-34-31-28-26-23-20-17-14-11-8-5-2/h7-12,14,16-21,23,25-28,31-32,34-35,52H,4-6,13,15,22,24,29-30,33,36-51H2,1-3H3/b10-7-,11-8-,12-9-,17-14-,19-16-,21-18-,23-20-,27-25-,28-26-,34-31-,35-32-. The SMILES string of the molecule is CC\C=C/C=C\C=C/C=C\C=C/CCCCCC(=O)OC(COC(=O)CCCC/C=C\C/C=C\C/C=C\CC)COC(=O)CCCCCCCC/C=C\C/C=C\C/C=C\CC. The lowest BCUT2D eigenvalue weighted by Crippen LogP contribution is -2.30. The number of unbranched alkanes of at least 4 members (excludes halogenated alkanes) is 11. The first kappa shape index (κ1) is 56.5. The van der Waals surface area contributed by atoms with Crippen LogP contribution >= 0.6 is 0 Å². The Balaban J connectivity index is 4.57. The van der Waals surface area contributed by atoms with Gasteiger partial charge in [0.25, 0.3) is 0 Å². The zero-order valence-corrected chi connectivity index (χ0v) is 38.6. The Labute approximate surface area is 373 Å². The van der Waals surface area contributed by atoms with Crippen LogP contribution in [0.25, 0.3) is 0 Å². The molecule has 0 saturated carbocycles.